The van der Waals surface area contributed by atoms with Gasteiger partial charge in [0.25, 0.3) is 11.8 Å². The van der Waals surface area contributed by atoms with Gasteiger partial charge in [0.1, 0.15) is 0 Å². The number of anilines is 1. The van der Waals surface area contributed by atoms with E-state index in [9.17, 15) is 0 Å². The lowest BCUT2D eigenvalue weighted by atomic mass is 10.2. The Morgan fingerprint density at radius 1 is 1.28 bits per heavy atom. The van der Waals surface area contributed by atoms with Crippen LogP contribution >= 0.6 is 0 Å². The van der Waals surface area contributed by atoms with E-state index in [4.69, 9.17) is 9.26 Å². The molecule has 0 spiro atoms. The molecular weight excluding hydrogens is 230 g/mol. The van der Waals surface area contributed by atoms with E-state index in [1.807, 2.05) is 37.3 Å². The van der Waals surface area contributed by atoms with Gasteiger partial charge in [-0.2, -0.15) is 4.98 Å². The van der Waals surface area contributed by atoms with Crippen LogP contribution in [0.3, 0.4) is 0 Å². The summed E-state index contributed by atoms with van der Waals surface area (Å²) >= 11 is 0. The van der Waals surface area contributed by atoms with E-state index in [2.05, 4.69) is 15.5 Å². The Balaban J connectivity index is 1.83. The average molecular weight is 247 g/mol. The molecular formula is C13H17N3O2. The van der Waals surface area contributed by atoms with E-state index in [-0.39, 0.29) is 0 Å². The van der Waals surface area contributed by atoms with Gasteiger partial charge >= 0.3 is 0 Å². The van der Waals surface area contributed by atoms with Gasteiger partial charge in [-0.15, -0.1) is 0 Å². The SMILES string of the molecule is CCOCCCNc1noc(-c2ccccc2)n1. The fourth-order valence-electron chi connectivity index (χ4n) is 1.51. The second-order valence-electron chi connectivity index (χ2n) is 3.77. The number of benzene rings is 1. The summed E-state index contributed by atoms with van der Waals surface area (Å²) in [5.74, 6) is 1.05. The Hall–Kier alpha value is -1.88. The van der Waals surface area contributed by atoms with Crippen molar-refractivity contribution in [3.8, 4) is 11.5 Å². The Morgan fingerprint density at radius 2 is 2.11 bits per heavy atom. The normalized spacial score (nSPS) is 10.5. The first-order valence-corrected chi connectivity index (χ1v) is 6.11. The summed E-state index contributed by atoms with van der Waals surface area (Å²) in [6, 6.07) is 9.70. The van der Waals surface area contributed by atoms with Crippen molar-refractivity contribution in [3.63, 3.8) is 0 Å². The van der Waals surface area contributed by atoms with Crippen molar-refractivity contribution in [2.45, 2.75) is 13.3 Å². The monoisotopic (exact) mass is 247 g/mol. The van der Waals surface area contributed by atoms with Crippen LogP contribution in [0.2, 0.25) is 0 Å². The first kappa shape index (κ1) is 12.6. The summed E-state index contributed by atoms with van der Waals surface area (Å²) in [5, 5.41) is 6.97. The Kier molecular flexibility index (Phi) is 4.72. The van der Waals surface area contributed by atoms with Crippen LogP contribution in [0.25, 0.3) is 11.5 Å². The molecule has 0 atom stereocenters. The fraction of sp³-hybridized carbons (Fsp3) is 0.385. The van der Waals surface area contributed by atoms with Crippen LogP contribution in [0, 0.1) is 0 Å². The predicted octanol–water partition coefficient (Wildman–Crippen LogP) is 2.58. The van der Waals surface area contributed by atoms with E-state index in [1.54, 1.807) is 0 Å². The molecule has 0 amide bonds. The highest BCUT2D eigenvalue weighted by molar-refractivity contribution is 5.53. The third kappa shape index (κ3) is 3.56. The maximum atomic E-state index is 5.24. The number of hydrogen-bond acceptors (Lipinski definition) is 5. The topological polar surface area (TPSA) is 60.2 Å². The molecule has 0 saturated carbocycles. The lowest BCUT2D eigenvalue weighted by Crippen LogP contribution is -2.06. The molecule has 0 aliphatic heterocycles. The molecule has 2 rings (SSSR count). The molecule has 0 fully saturated rings. The summed E-state index contributed by atoms with van der Waals surface area (Å²) in [4.78, 5) is 4.27. The summed E-state index contributed by atoms with van der Waals surface area (Å²) in [5.41, 5.74) is 0.923. The molecule has 1 N–H and O–H groups in total. The van der Waals surface area contributed by atoms with Gasteiger partial charge < -0.3 is 14.6 Å². The van der Waals surface area contributed by atoms with Gasteiger partial charge in [-0.05, 0) is 30.6 Å². The quantitative estimate of drug-likeness (QED) is 0.762. The summed E-state index contributed by atoms with van der Waals surface area (Å²) in [6.07, 6.45) is 0.920. The fourth-order valence-corrected chi connectivity index (χ4v) is 1.51. The minimum Gasteiger partial charge on any atom is -0.382 e. The lowest BCUT2D eigenvalue weighted by molar-refractivity contribution is 0.147. The molecule has 5 nitrogen and oxygen atoms in total. The second-order valence-corrected chi connectivity index (χ2v) is 3.77. The van der Waals surface area contributed by atoms with E-state index in [0.29, 0.717) is 11.8 Å². The zero-order chi connectivity index (χ0) is 12.6. The molecule has 0 unspecified atom stereocenters. The third-order valence-corrected chi connectivity index (χ3v) is 2.40. The van der Waals surface area contributed by atoms with Crippen molar-refractivity contribution < 1.29 is 9.26 Å². The minimum atomic E-state index is 0.519. The standard InChI is InChI=1S/C13H17N3O2/c1-2-17-10-6-9-14-13-15-12(18-16-13)11-7-4-3-5-8-11/h3-5,7-8H,2,6,9-10H2,1H3,(H,14,16). The van der Waals surface area contributed by atoms with Gasteiger partial charge in [0.2, 0.25) is 0 Å². The zero-order valence-electron chi connectivity index (χ0n) is 10.4. The summed E-state index contributed by atoms with van der Waals surface area (Å²) in [6.45, 7) is 4.25. The summed E-state index contributed by atoms with van der Waals surface area (Å²) in [7, 11) is 0. The predicted molar refractivity (Wildman–Crippen MR) is 69.3 cm³/mol. The van der Waals surface area contributed by atoms with E-state index in [0.717, 1.165) is 31.7 Å². The van der Waals surface area contributed by atoms with Crippen molar-refractivity contribution in [2.24, 2.45) is 0 Å². The number of rotatable bonds is 7. The Bertz CT molecular complexity index is 456. The second kappa shape index (κ2) is 6.76. The average Bonchev–Trinajstić information content (AvgIpc) is 2.88. The smallest absolute Gasteiger partial charge is 0.263 e. The van der Waals surface area contributed by atoms with Crippen LogP contribution in [-0.4, -0.2) is 29.9 Å². The van der Waals surface area contributed by atoms with Crippen LogP contribution in [-0.2, 0) is 4.74 Å². The van der Waals surface area contributed by atoms with Crippen molar-refractivity contribution in [3.05, 3.63) is 30.3 Å². The molecule has 2 aromatic rings. The van der Waals surface area contributed by atoms with Crippen molar-refractivity contribution in [2.75, 3.05) is 25.1 Å². The van der Waals surface area contributed by atoms with Gasteiger partial charge in [0, 0.05) is 25.3 Å². The largest absolute Gasteiger partial charge is 0.382 e. The minimum absolute atomic E-state index is 0.519. The molecule has 18 heavy (non-hydrogen) atoms. The Labute approximate surface area is 106 Å². The van der Waals surface area contributed by atoms with Gasteiger partial charge in [0.15, 0.2) is 0 Å². The molecule has 5 heteroatoms. The Morgan fingerprint density at radius 3 is 2.89 bits per heavy atom. The maximum Gasteiger partial charge on any atom is 0.263 e. The molecule has 1 heterocycles. The molecule has 0 saturated heterocycles. The maximum absolute atomic E-state index is 5.24. The van der Waals surface area contributed by atoms with Gasteiger partial charge in [0.05, 0.1) is 0 Å². The molecule has 1 aromatic carbocycles. The van der Waals surface area contributed by atoms with Crippen molar-refractivity contribution in [1.82, 2.24) is 10.1 Å². The molecule has 0 bridgehead atoms. The number of aromatic nitrogens is 2. The van der Waals surface area contributed by atoms with E-state index in [1.165, 1.54) is 0 Å². The van der Waals surface area contributed by atoms with Crippen LogP contribution < -0.4 is 5.32 Å². The van der Waals surface area contributed by atoms with E-state index >= 15 is 0 Å². The first-order chi connectivity index (χ1) is 8.90. The molecule has 0 aliphatic rings. The molecule has 0 aliphatic carbocycles. The molecule has 96 valence electrons. The first-order valence-electron chi connectivity index (χ1n) is 6.11. The third-order valence-electron chi connectivity index (χ3n) is 2.40. The highest BCUT2D eigenvalue weighted by Gasteiger charge is 2.06. The van der Waals surface area contributed by atoms with Crippen LogP contribution in [0.5, 0.6) is 0 Å². The van der Waals surface area contributed by atoms with Crippen LogP contribution in [0.15, 0.2) is 34.9 Å². The van der Waals surface area contributed by atoms with Crippen LogP contribution in [0.4, 0.5) is 5.95 Å². The molecule has 0 radical (unpaired) electrons. The number of hydrogen-bond donors (Lipinski definition) is 1. The van der Waals surface area contributed by atoms with Gasteiger partial charge in [-0.3, -0.25) is 0 Å². The number of ether oxygens (including phenoxy) is 1. The van der Waals surface area contributed by atoms with E-state index < -0.39 is 0 Å². The summed E-state index contributed by atoms with van der Waals surface area (Å²) < 4.78 is 10.4. The number of nitrogens with one attached hydrogen (secondary N) is 1. The number of nitrogens with zero attached hydrogens (tertiary/aromatic N) is 2. The van der Waals surface area contributed by atoms with Crippen LogP contribution in [0.1, 0.15) is 13.3 Å². The lowest BCUT2D eigenvalue weighted by Gasteiger charge is -2.00. The van der Waals surface area contributed by atoms with Crippen molar-refractivity contribution in [1.29, 1.82) is 0 Å². The zero-order valence-corrected chi connectivity index (χ0v) is 10.4. The molecule has 1 aromatic heterocycles. The van der Waals surface area contributed by atoms with Gasteiger partial charge in [-0.25, -0.2) is 0 Å². The highest BCUT2D eigenvalue weighted by atomic mass is 16.5. The van der Waals surface area contributed by atoms with Crippen molar-refractivity contribution >= 4 is 5.95 Å². The van der Waals surface area contributed by atoms with Gasteiger partial charge in [-0.1, -0.05) is 18.2 Å². The highest BCUT2D eigenvalue weighted by Crippen LogP contribution is 2.17.